The first-order chi connectivity index (χ1) is 8.76. The molecule has 0 bridgehead atoms. The van der Waals surface area contributed by atoms with E-state index in [1.165, 1.54) is 16.5 Å². The number of aromatic nitrogens is 1. The van der Waals surface area contributed by atoms with Crippen LogP contribution in [0.25, 0.3) is 10.9 Å². The molecule has 0 aliphatic heterocycles. The first-order valence-electron chi connectivity index (χ1n) is 6.60. The number of fused-ring (bicyclic) bond motifs is 1. The molecule has 2 N–H and O–H groups in total. The number of nitrogens with one attached hydrogen (secondary N) is 1. The summed E-state index contributed by atoms with van der Waals surface area (Å²) in [5.41, 5.74) is 2.59. The Hall–Kier alpha value is -1.32. The molecule has 0 spiro atoms. The molecule has 2 aromatic rings. The summed E-state index contributed by atoms with van der Waals surface area (Å²) in [4.78, 5) is 0. The lowest BCUT2D eigenvalue weighted by Gasteiger charge is -2.12. The van der Waals surface area contributed by atoms with Crippen molar-refractivity contribution in [2.45, 2.75) is 19.9 Å². The predicted octanol–water partition coefficient (Wildman–Crippen LogP) is 2.29. The van der Waals surface area contributed by atoms with Gasteiger partial charge in [0.15, 0.2) is 0 Å². The van der Waals surface area contributed by atoms with E-state index >= 15 is 0 Å². The van der Waals surface area contributed by atoms with Gasteiger partial charge in [-0.25, -0.2) is 0 Å². The van der Waals surface area contributed by atoms with E-state index in [9.17, 15) is 0 Å². The van der Waals surface area contributed by atoms with Gasteiger partial charge >= 0.3 is 0 Å². The highest BCUT2D eigenvalue weighted by molar-refractivity contribution is 5.83. The molecule has 0 saturated heterocycles. The monoisotopic (exact) mass is 246 g/mol. The Morgan fingerprint density at radius 1 is 1.33 bits per heavy atom. The number of hydrogen-bond acceptors (Lipinski definition) is 2. The molecule has 18 heavy (non-hydrogen) atoms. The van der Waals surface area contributed by atoms with Gasteiger partial charge in [-0.05, 0) is 24.0 Å². The second-order valence-electron chi connectivity index (χ2n) is 4.87. The number of aryl methyl sites for hydroxylation is 1. The van der Waals surface area contributed by atoms with E-state index in [0.29, 0.717) is 5.92 Å². The fourth-order valence-corrected chi connectivity index (χ4v) is 2.32. The Kier molecular flexibility index (Phi) is 4.39. The second-order valence-corrected chi connectivity index (χ2v) is 4.87. The van der Waals surface area contributed by atoms with Crippen molar-refractivity contribution in [3.05, 3.63) is 36.0 Å². The van der Waals surface area contributed by atoms with E-state index in [1.807, 2.05) is 0 Å². The van der Waals surface area contributed by atoms with Crippen LogP contribution < -0.4 is 5.32 Å². The molecule has 1 aromatic heterocycles. The van der Waals surface area contributed by atoms with Gasteiger partial charge in [-0.15, -0.1) is 0 Å². The second kappa shape index (κ2) is 6.03. The molecule has 1 aromatic carbocycles. The van der Waals surface area contributed by atoms with Gasteiger partial charge in [0.1, 0.15) is 0 Å². The Bertz CT molecular complexity index is 500. The molecule has 0 saturated carbocycles. The summed E-state index contributed by atoms with van der Waals surface area (Å²) in [6.45, 7) is 4.10. The van der Waals surface area contributed by atoms with E-state index in [2.05, 4.69) is 54.3 Å². The normalized spacial score (nSPS) is 13.1. The average Bonchev–Trinajstić information content (AvgIpc) is 2.72. The molecule has 1 unspecified atom stereocenters. The first-order valence-corrected chi connectivity index (χ1v) is 6.60. The fourth-order valence-electron chi connectivity index (χ4n) is 2.32. The van der Waals surface area contributed by atoms with Gasteiger partial charge in [-0.1, -0.05) is 25.1 Å². The Balaban J connectivity index is 2.04. The van der Waals surface area contributed by atoms with Crippen LogP contribution in [-0.4, -0.2) is 22.8 Å². The van der Waals surface area contributed by atoms with Crippen LogP contribution in [0.1, 0.15) is 18.9 Å². The number of aliphatic hydroxyl groups excluding tert-OH is 1. The van der Waals surface area contributed by atoms with Crippen LogP contribution >= 0.6 is 0 Å². The van der Waals surface area contributed by atoms with Gasteiger partial charge in [-0.2, -0.15) is 0 Å². The minimum atomic E-state index is 0.263. The molecule has 0 aliphatic carbocycles. The summed E-state index contributed by atoms with van der Waals surface area (Å²) in [6.07, 6.45) is 3.19. The third kappa shape index (κ3) is 2.74. The summed E-state index contributed by atoms with van der Waals surface area (Å²) in [5.74, 6) is 0.361. The number of rotatable bonds is 6. The molecule has 2 rings (SSSR count). The van der Waals surface area contributed by atoms with Crippen molar-refractivity contribution in [2.24, 2.45) is 13.0 Å². The highest BCUT2D eigenvalue weighted by atomic mass is 16.3. The molecule has 3 heteroatoms. The summed E-state index contributed by atoms with van der Waals surface area (Å²) in [6, 6.07) is 8.45. The quantitative estimate of drug-likeness (QED) is 0.820. The molecule has 98 valence electrons. The van der Waals surface area contributed by atoms with E-state index in [0.717, 1.165) is 19.5 Å². The van der Waals surface area contributed by atoms with Gasteiger partial charge in [0, 0.05) is 43.8 Å². The molecule has 3 nitrogen and oxygen atoms in total. The maximum absolute atomic E-state index is 9.15. The summed E-state index contributed by atoms with van der Waals surface area (Å²) < 4.78 is 2.16. The minimum Gasteiger partial charge on any atom is -0.396 e. The number of nitrogens with zero attached hydrogens (tertiary/aromatic N) is 1. The first kappa shape index (κ1) is 13.1. The van der Waals surface area contributed by atoms with Gasteiger partial charge in [-0.3, -0.25) is 0 Å². The fraction of sp³-hybridized carbons (Fsp3) is 0.467. The van der Waals surface area contributed by atoms with Crippen molar-refractivity contribution < 1.29 is 5.11 Å². The van der Waals surface area contributed by atoms with Crippen molar-refractivity contribution >= 4 is 10.9 Å². The van der Waals surface area contributed by atoms with Gasteiger partial charge in [0.05, 0.1) is 0 Å². The highest BCUT2D eigenvalue weighted by Crippen LogP contribution is 2.19. The number of benzene rings is 1. The van der Waals surface area contributed by atoms with Crippen LogP contribution in [0, 0.1) is 5.92 Å². The highest BCUT2D eigenvalue weighted by Gasteiger charge is 2.07. The molecular weight excluding hydrogens is 224 g/mol. The molecule has 1 heterocycles. The molecule has 0 aliphatic rings. The van der Waals surface area contributed by atoms with E-state index in [1.54, 1.807) is 0 Å². The molecule has 0 amide bonds. The third-order valence-corrected chi connectivity index (χ3v) is 3.56. The van der Waals surface area contributed by atoms with Crippen LogP contribution in [0.2, 0.25) is 0 Å². The van der Waals surface area contributed by atoms with E-state index < -0.39 is 0 Å². The maximum atomic E-state index is 9.15. The SMILES string of the molecule is CCC(CO)CNCc1cn(C)c2ccccc12. The third-order valence-electron chi connectivity index (χ3n) is 3.56. The zero-order chi connectivity index (χ0) is 13.0. The Morgan fingerprint density at radius 2 is 2.11 bits per heavy atom. The molecule has 0 fully saturated rings. The average molecular weight is 246 g/mol. The minimum absolute atomic E-state index is 0.263. The van der Waals surface area contributed by atoms with Crippen LogP contribution in [-0.2, 0) is 13.6 Å². The van der Waals surface area contributed by atoms with Gasteiger partial charge < -0.3 is 15.0 Å². The smallest absolute Gasteiger partial charge is 0.0481 e. The van der Waals surface area contributed by atoms with Crippen LogP contribution in [0.5, 0.6) is 0 Å². The summed E-state index contributed by atoms with van der Waals surface area (Å²) in [5, 5.41) is 13.9. The topological polar surface area (TPSA) is 37.2 Å². The van der Waals surface area contributed by atoms with Crippen molar-refractivity contribution in [1.29, 1.82) is 0 Å². The van der Waals surface area contributed by atoms with Crippen LogP contribution in [0.3, 0.4) is 0 Å². The molecular formula is C15H22N2O. The summed E-state index contributed by atoms with van der Waals surface area (Å²) >= 11 is 0. The lowest BCUT2D eigenvalue weighted by Crippen LogP contribution is -2.24. The lowest BCUT2D eigenvalue weighted by atomic mass is 10.1. The lowest BCUT2D eigenvalue weighted by molar-refractivity contribution is 0.218. The van der Waals surface area contributed by atoms with Crippen molar-refractivity contribution in [3.63, 3.8) is 0 Å². The number of aliphatic hydroxyl groups is 1. The Morgan fingerprint density at radius 3 is 2.83 bits per heavy atom. The largest absolute Gasteiger partial charge is 0.396 e. The van der Waals surface area contributed by atoms with Crippen molar-refractivity contribution in [1.82, 2.24) is 9.88 Å². The van der Waals surface area contributed by atoms with Crippen molar-refractivity contribution in [2.75, 3.05) is 13.2 Å². The summed E-state index contributed by atoms with van der Waals surface area (Å²) in [7, 11) is 2.08. The molecule has 1 atom stereocenters. The van der Waals surface area contributed by atoms with Gasteiger partial charge in [0.25, 0.3) is 0 Å². The predicted molar refractivity (Wildman–Crippen MR) is 75.5 cm³/mol. The number of para-hydroxylation sites is 1. The zero-order valence-electron chi connectivity index (χ0n) is 11.2. The van der Waals surface area contributed by atoms with E-state index in [4.69, 9.17) is 5.11 Å². The standard InChI is InChI=1S/C15H22N2O/c1-3-12(11-18)8-16-9-13-10-17(2)15-7-5-4-6-14(13)15/h4-7,10,12,16,18H,3,8-9,11H2,1-2H3. The van der Waals surface area contributed by atoms with Crippen molar-refractivity contribution in [3.8, 4) is 0 Å². The van der Waals surface area contributed by atoms with Gasteiger partial charge in [0.2, 0.25) is 0 Å². The van der Waals surface area contributed by atoms with Crippen LogP contribution in [0.15, 0.2) is 30.5 Å². The maximum Gasteiger partial charge on any atom is 0.0481 e. The Labute approximate surface area is 108 Å². The molecule has 0 radical (unpaired) electrons. The zero-order valence-corrected chi connectivity index (χ0v) is 11.2. The number of hydrogen-bond donors (Lipinski definition) is 2. The van der Waals surface area contributed by atoms with E-state index in [-0.39, 0.29) is 6.61 Å². The van der Waals surface area contributed by atoms with Crippen LogP contribution in [0.4, 0.5) is 0 Å².